The van der Waals surface area contributed by atoms with Crippen LogP contribution in [0.5, 0.6) is 5.75 Å². The molecule has 12 nitrogen and oxygen atoms in total. The molecule has 4 heterocycles. The van der Waals surface area contributed by atoms with E-state index in [1.54, 1.807) is 0 Å². The molecule has 1 atom stereocenters. The second kappa shape index (κ2) is 15.3. The molecule has 0 bridgehead atoms. The number of nitrogens with zero attached hydrogens (tertiary/aromatic N) is 5. The summed E-state index contributed by atoms with van der Waals surface area (Å²) in [5.74, 6) is -0.520. The summed E-state index contributed by atoms with van der Waals surface area (Å²) in [5, 5.41) is 12.7. The Morgan fingerprint density at radius 1 is 0.864 bits per heavy atom. The lowest BCUT2D eigenvalue weighted by Crippen LogP contribution is -2.74. The number of benzene rings is 3. The highest BCUT2D eigenvalue weighted by Gasteiger charge is 2.64. The van der Waals surface area contributed by atoms with Crippen molar-refractivity contribution in [1.82, 2.24) is 24.9 Å². The monoisotopic (exact) mass is 798 g/mol. The Morgan fingerprint density at radius 3 is 2.08 bits per heavy atom. The standard InChI is InChI=1S/C47H54N6O6/c1-7-30-20-35(13-12-32(30)23-48)59-45-46(2,3)44(47(45,4)5)49-40(55)31-10-8-28(9-11-31)24-51-18-16-29(17-19-51)25-52-26-33-21-36-37(22-34(33)27-52)42(57)53(41(36)56)38-14-15-39(54)50(6)43(38)58/h8-13,20-22,29,38,44-45H,7,14-19,24-27H2,1-6H3,(H,49,55)/t38?,44-,45-. The van der Waals surface area contributed by atoms with Gasteiger partial charge in [-0.25, -0.2) is 0 Å². The number of imide groups is 2. The quantitative estimate of drug-likeness (QED) is 0.256. The minimum absolute atomic E-state index is 0.0924. The Hall–Kier alpha value is -5.38. The van der Waals surface area contributed by atoms with Crippen molar-refractivity contribution in [2.75, 3.05) is 26.7 Å². The number of nitrogens with one attached hydrogen (secondary N) is 1. The number of hydrogen-bond donors (Lipinski definition) is 1. The van der Waals surface area contributed by atoms with Crippen LogP contribution >= 0.6 is 0 Å². The van der Waals surface area contributed by atoms with Crippen molar-refractivity contribution in [3.63, 3.8) is 0 Å². The van der Waals surface area contributed by atoms with Crippen LogP contribution in [0.2, 0.25) is 0 Å². The van der Waals surface area contributed by atoms with Crippen LogP contribution in [0.4, 0.5) is 0 Å². The number of piperidine rings is 2. The summed E-state index contributed by atoms with van der Waals surface area (Å²) in [4.78, 5) is 72.1. The molecule has 1 saturated carbocycles. The molecule has 0 spiro atoms. The van der Waals surface area contributed by atoms with E-state index in [1.807, 2.05) is 49.4 Å². The summed E-state index contributed by atoms with van der Waals surface area (Å²) in [5.41, 5.74) is 5.61. The Kier molecular flexibility index (Phi) is 10.5. The van der Waals surface area contributed by atoms with Crippen LogP contribution in [0.3, 0.4) is 0 Å². The molecule has 5 amide bonds. The molecule has 1 unspecified atom stereocenters. The average molecular weight is 799 g/mol. The Balaban J connectivity index is 0.800. The highest BCUT2D eigenvalue weighted by atomic mass is 16.5. The van der Waals surface area contributed by atoms with Crippen LogP contribution in [0.1, 0.15) is 119 Å². The third-order valence-corrected chi connectivity index (χ3v) is 13.8. The van der Waals surface area contributed by atoms with Crippen molar-refractivity contribution in [3.8, 4) is 11.8 Å². The largest absolute Gasteiger partial charge is 0.489 e. The number of likely N-dealkylation sites (tertiary alicyclic amines) is 2. The summed E-state index contributed by atoms with van der Waals surface area (Å²) in [6.07, 6.45) is 3.06. The summed E-state index contributed by atoms with van der Waals surface area (Å²) in [7, 11) is 1.40. The molecule has 0 radical (unpaired) electrons. The van der Waals surface area contributed by atoms with Gasteiger partial charge in [0.05, 0.1) is 22.8 Å². The molecule has 8 rings (SSSR count). The van der Waals surface area contributed by atoms with Gasteiger partial charge < -0.3 is 10.1 Å². The maximum atomic E-state index is 13.5. The molecular weight excluding hydrogens is 745 g/mol. The third-order valence-electron chi connectivity index (χ3n) is 13.8. The van der Waals surface area contributed by atoms with Crippen LogP contribution in [-0.4, -0.2) is 94.0 Å². The van der Waals surface area contributed by atoms with Crippen molar-refractivity contribution in [3.05, 3.63) is 99.1 Å². The number of nitriles is 1. The van der Waals surface area contributed by atoms with Crippen molar-refractivity contribution in [1.29, 1.82) is 5.26 Å². The van der Waals surface area contributed by atoms with E-state index >= 15 is 0 Å². The van der Waals surface area contributed by atoms with E-state index in [9.17, 15) is 29.2 Å². The van der Waals surface area contributed by atoms with Gasteiger partial charge in [0.15, 0.2) is 0 Å². The smallest absolute Gasteiger partial charge is 0.262 e. The fourth-order valence-corrected chi connectivity index (χ4v) is 10.7. The highest BCUT2D eigenvalue weighted by Crippen LogP contribution is 2.55. The van der Waals surface area contributed by atoms with Crippen LogP contribution in [0.15, 0.2) is 54.6 Å². The number of rotatable bonds is 10. The fourth-order valence-electron chi connectivity index (χ4n) is 10.7. The van der Waals surface area contributed by atoms with Crippen molar-refractivity contribution in [2.45, 2.75) is 105 Å². The number of ether oxygens (including phenoxy) is 1. The molecule has 5 aliphatic rings. The first-order valence-electron chi connectivity index (χ1n) is 21.0. The third kappa shape index (κ3) is 7.22. The lowest BCUT2D eigenvalue weighted by atomic mass is 9.49. The SMILES string of the molecule is CCc1cc(O[C@H]2C(C)(C)[C@H](NC(=O)c3ccc(CN4CCC(CN5Cc6cc7c(cc6C5)C(=O)N(C5CCC(=O)N(C)C5=O)C7=O)CC4)cc3)C2(C)C)ccc1C#N. The van der Waals surface area contributed by atoms with Gasteiger partial charge in [-0.3, -0.25) is 43.6 Å². The number of hydrogen-bond acceptors (Lipinski definition) is 9. The fraction of sp³-hybridized carbons (Fsp3) is 0.489. The molecule has 4 aliphatic heterocycles. The number of amides is 5. The number of aryl methyl sites for hydroxylation is 1. The zero-order valence-corrected chi connectivity index (χ0v) is 35.0. The van der Waals surface area contributed by atoms with E-state index in [1.165, 1.54) is 12.6 Å². The van der Waals surface area contributed by atoms with E-state index in [2.05, 4.69) is 61.0 Å². The zero-order valence-electron chi connectivity index (χ0n) is 35.0. The molecule has 3 fully saturated rings. The summed E-state index contributed by atoms with van der Waals surface area (Å²) in [6.45, 7) is 15.7. The topological polar surface area (TPSA) is 143 Å². The first-order valence-corrected chi connectivity index (χ1v) is 21.0. The van der Waals surface area contributed by atoms with Gasteiger partial charge in [0, 0.05) is 62.1 Å². The van der Waals surface area contributed by atoms with Crippen molar-refractivity contribution in [2.24, 2.45) is 16.7 Å². The normalized spacial score (nSPS) is 24.1. The van der Waals surface area contributed by atoms with Gasteiger partial charge in [-0.2, -0.15) is 5.26 Å². The second-order valence-corrected chi connectivity index (χ2v) is 18.4. The van der Waals surface area contributed by atoms with E-state index in [0.717, 1.165) is 77.7 Å². The van der Waals surface area contributed by atoms with E-state index in [4.69, 9.17) is 4.74 Å². The molecule has 1 aliphatic carbocycles. The summed E-state index contributed by atoms with van der Waals surface area (Å²) >= 11 is 0. The summed E-state index contributed by atoms with van der Waals surface area (Å²) < 4.78 is 6.52. The van der Waals surface area contributed by atoms with Gasteiger partial charge in [0.25, 0.3) is 23.6 Å². The van der Waals surface area contributed by atoms with E-state index in [0.29, 0.717) is 41.3 Å². The molecule has 308 valence electrons. The number of likely N-dealkylation sites (N-methyl/N-ethyl adjacent to an activating group) is 1. The summed E-state index contributed by atoms with van der Waals surface area (Å²) in [6, 6.07) is 18.5. The molecule has 1 N–H and O–H groups in total. The average Bonchev–Trinajstić information content (AvgIpc) is 3.73. The maximum Gasteiger partial charge on any atom is 0.262 e. The van der Waals surface area contributed by atoms with Crippen LogP contribution in [0, 0.1) is 28.1 Å². The van der Waals surface area contributed by atoms with Crippen LogP contribution in [0.25, 0.3) is 0 Å². The lowest BCUT2D eigenvalue weighted by Gasteiger charge is -2.63. The molecular formula is C47H54N6O6. The predicted molar refractivity (Wildman–Crippen MR) is 220 cm³/mol. The molecule has 2 saturated heterocycles. The minimum Gasteiger partial charge on any atom is -0.489 e. The van der Waals surface area contributed by atoms with Crippen molar-refractivity contribution < 1.29 is 28.7 Å². The van der Waals surface area contributed by atoms with Crippen LogP contribution < -0.4 is 10.1 Å². The number of carbonyl (C=O) groups is 5. The molecule has 0 aromatic heterocycles. The number of carbonyl (C=O) groups excluding carboxylic acids is 5. The van der Waals surface area contributed by atoms with Crippen LogP contribution in [-0.2, 0) is 35.6 Å². The van der Waals surface area contributed by atoms with Gasteiger partial charge in [-0.15, -0.1) is 0 Å². The van der Waals surface area contributed by atoms with E-state index in [-0.39, 0.29) is 47.6 Å². The highest BCUT2D eigenvalue weighted by molar-refractivity contribution is 6.23. The zero-order chi connectivity index (χ0) is 42.0. The van der Waals surface area contributed by atoms with Gasteiger partial charge in [-0.1, -0.05) is 46.8 Å². The molecule has 3 aromatic rings. The minimum atomic E-state index is -0.945. The Morgan fingerprint density at radius 2 is 1.49 bits per heavy atom. The number of fused-ring (bicyclic) bond motifs is 2. The maximum absolute atomic E-state index is 13.5. The van der Waals surface area contributed by atoms with Gasteiger partial charge in [0.1, 0.15) is 17.9 Å². The molecule has 3 aromatic carbocycles. The van der Waals surface area contributed by atoms with Gasteiger partial charge >= 0.3 is 0 Å². The van der Waals surface area contributed by atoms with Gasteiger partial charge in [-0.05, 0) is 109 Å². The predicted octanol–water partition coefficient (Wildman–Crippen LogP) is 5.70. The molecule has 12 heteroatoms. The molecule has 59 heavy (non-hydrogen) atoms. The van der Waals surface area contributed by atoms with Gasteiger partial charge in [0.2, 0.25) is 5.91 Å². The first-order chi connectivity index (χ1) is 28.1. The van der Waals surface area contributed by atoms with Crippen molar-refractivity contribution >= 4 is 29.5 Å². The Labute approximate surface area is 346 Å². The lowest BCUT2D eigenvalue weighted by molar-refractivity contribution is -0.164. The first kappa shape index (κ1) is 40.4. The van der Waals surface area contributed by atoms with E-state index < -0.39 is 23.8 Å². The Bertz CT molecular complexity index is 2210. The second-order valence-electron chi connectivity index (χ2n) is 18.4.